The lowest BCUT2D eigenvalue weighted by Crippen LogP contribution is -2.23. The summed E-state index contributed by atoms with van der Waals surface area (Å²) in [4.78, 5) is 13.3. The number of rotatable bonds is 1. The highest BCUT2D eigenvalue weighted by Crippen LogP contribution is 2.31. The van der Waals surface area contributed by atoms with E-state index in [4.69, 9.17) is 5.11 Å². The molecule has 2 saturated heterocycles. The minimum absolute atomic E-state index is 0.0579. The van der Waals surface area contributed by atoms with Gasteiger partial charge in [-0.15, -0.1) is 0 Å². The van der Waals surface area contributed by atoms with Crippen LogP contribution in [0.25, 0.3) is 0 Å². The second kappa shape index (κ2) is 3.05. The van der Waals surface area contributed by atoms with E-state index in [0.29, 0.717) is 5.92 Å². The maximum atomic E-state index is 10.9. The van der Waals surface area contributed by atoms with Gasteiger partial charge >= 0.3 is 5.97 Å². The SMILES string of the molecule is O=C(O)C1CCCN2CCC1C2. The molecule has 1 N–H and O–H groups in total. The van der Waals surface area contributed by atoms with E-state index in [1.807, 2.05) is 0 Å². The van der Waals surface area contributed by atoms with Crippen LogP contribution in [0.1, 0.15) is 19.3 Å². The van der Waals surface area contributed by atoms with E-state index in [9.17, 15) is 4.79 Å². The second-order valence-electron chi connectivity index (χ2n) is 3.94. The van der Waals surface area contributed by atoms with Crippen LogP contribution in [0.5, 0.6) is 0 Å². The molecule has 0 spiro atoms. The molecule has 2 aliphatic heterocycles. The van der Waals surface area contributed by atoms with Gasteiger partial charge in [-0.3, -0.25) is 4.79 Å². The zero-order valence-electron chi connectivity index (χ0n) is 7.20. The number of carbonyl (C=O) groups is 1. The molecule has 0 aromatic rings. The molecule has 3 atom stereocenters. The maximum absolute atomic E-state index is 10.9. The van der Waals surface area contributed by atoms with Crippen molar-refractivity contribution >= 4 is 5.97 Å². The van der Waals surface area contributed by atoms with E-state index in [0.717, 1.165) is 38.9 Å². The van der Waals surface area contributed by atoms with Crippen molar-refractivity contribution in [2.45, 2.75) is 19.3 Å². The predicted molar refractivity (Wildman–Crippen MR) is 44.9 cm³/mol. The summed E-state index contributed by atoms with van der Waals surface area (Å²) in [6.45, 7) is 3.26. The van der Waals surface area contributed by atoms with Crippen molar-refractivity contribution in [3.63, 3.8) is 0 Å². The van der Waals surface area contributed by atoms with Crippen LogP contribution in [-0.4, -0.2) is 35.6 Å². The minimum Gasteiger partial charge on any atom is -0.481 e. The van der Waals surface area contributed by atoms with E-state index < -0.39 is 5.97 Å². The van der Waals surface area contributed by atoms with Crippen LogP contribution >= 0.6 is 0 Å². The van der Waals surface area contributed by atoms with Gasteiger partial charge in [-0.2, -0.15) is 0 Å². The van der Waals surface area contributed by atoms with Gasteiger partial charge in [0.25, 0.3) is 0 Å². The summed E-state index contributed by atoms with van der Waals surface area (Å²) in [5, 5.41) is 8.96. The molecular weight excluding hydrogens is 154 g/mol. The molecule has 12 heavy (non-hydrogen) atoms. The first-order valence-corrected chi connectivity index (χ1v) is 4.72. The molecule has 0 amide bonds. The molecule has 2 bridgehead atoms. The maximum Gasteiger partial charge on any atom is 0.306 e. The summed E-state index contributed by atoms with van der Waals surface area (Å²) in [5.41, 5.74) is 0. The number of carboxylic acid groups (broad SMARTS) is 1. The van der Waals surface area contributed by atoms with Crippen LogP contribution < -0.4 is 0 Å². The molecule has 3 nitrogen and oxygen atoms in total. The van der Waals surface area contributed by atoms with Crippen molar-refractivity contribution in [2.24, 2.45) is 11.8 Å². The van der Waals surface area contributed by atoms with E-state index in [2.05, 4.69) is 4.90 Å². The zero-order chi connectivity index (χ0) is 8.55. The van der Waals surface area contributed by atoms with Crippen LogP contribution in [0.4, 0.5) is 0 Å². The topological polar surface area (TPSA) is 40.5 Å². The lowest BCUT2D eigenvalue weighted by atomic mass is 9.88. The highest BCUT2D eigenvalue weighted by Gasteiger charge is 2.35. The number of carboxylic acids is 1. The van der Waals surface area contributed by atoms with Gasteiger partial charge in [0.05, 0.1) is 5.92 Å². The number of nitrogens with zero attached hydrogens (tertiary/aromatic N) is 1. The Bertz CT molecular complexity index is 193. The fourth-order valence-corrected chi connectivity index (χ4v) is 2.49. The molecule has 2 fully saturated rings. The molecule has 2 rings (SSSR count). The predicted octanol–water partition coefficient (Wildman–Crippen LogP) is 0.803. The van der Waals surface area contributed by atoms with Crippen molar-refractivity contribution in [1.29, 1.82) is 0 Å². The Morgan fingerprint density at radius 2 is 2.17 bits per heavy atom. The molecular formula is C9H15NO2. The summed E-state index contributed by atoms with van der Waals surface area (Å²) in [6, 6.07) is 0. The molecule has 2 heterocycles. The third-order valence-electron chi connectivity index (χ3n) is 3.18. The van der Waals surface area contributed by atoms with E-state index in [-0.39, 0.29) is 5.92 Å². The second-order valence-corrected chi connectivity index (χ2v) is 3.94. The summed E-state index contributed by atoms with van der Waals surface area (Å²) < 4.78 is 0. The monoisotopic (exact) mass is 169 g/mol. The number of hydrogen-bond acceptors (Lipinski definition) is 2. The quantitative estimate of drug-likeness (QED) is 0.631. The summed E-state index contributed by atoms with van der Waals surface area (Å²) in [5.74, 6) is -0.203. The first kappa shape index (κ1) is 8.05. The van der Waals surface area contributed by atoms with Crippen LogP contribution in [-0.2, 0) is 4.79 Å². The van der Waals surface area contributed by atoms with Crippen molar-refractivity contribution in [1.82, 2.24) is 4.90 Å². The molecule has 0 radical (unpaired) electrons. The first-order valence-electron chi connectivity index (χ1n) is 4.72. The number of aliphatic carboxylic acids is 1. The molecule has 68 valence electrons. The number of hydrogen-bond donors (Lipinski definition) is 1. The van der Waals surface area contributed by atoms with E-state index in [1.54, 1.807) is 0 Å². The van der Waals surface area contributed by atoms with Crippen LogP contribution in [0.2, 0.25) is 0 Å². The Morgan fingerprint density at radius 3 is 2.92 bits per heavy atom. The Kier molecular flexibility index (Phi) is 2.05. The standard InChI is InChI=1S/C9H15NO2/c11-9(12)8-2-1-4-10-5-3-7(8)6-10/h7-8H,1-6H2,(H,11,12). The highest BCUT2D eigenvalue weighted by atomic mass is 16.4. The van der Waals surface area contributed by atoms with Gasteiger partial charge in [-0.05, 0) is 38.3 Å². The van der Waals surface area contributed by atoms with Crippen molar-refractivity contribution < 1.29 is 9.90 Å². The average molecular weight is 169 g/mol. The minimum atomic E-state index is -0.580. The first-order chi connectivity index (χ1) is 5.77. The molecule has 0 aromatic carbocycles. The molecule has 0 saturated carbocycles. The van der Waals surface area contributed by atoms with Gasteiger partial charge < -0.3 is 10.0 Å². The zero-order valence-corrected chi connectivity index (χ0v) is 7.20. The van der Waals surface area contributed by atoms with Gasteiger partial charge in [-0.1, -0.05) is 0 Å². The lowest BCUT2D eigenvalue weighted by Gasteiger charge is -2.15. The molecule has 3 heteroatoms. The summed E-state index contributed by atoms with van der Waals surface area (Å²) in [6.07, 6.45) is 3.04. The Morgan fingerprint density at radius 1 is 1.33 bits per heavy atom. The molecule has 0 aromatic heterocycles. The van der Waals surface area contributed by atoms with Gasteiger partial charge in [-0.25, -0.2) is 0 Å². The Hall–Kier alpha value is -0.570. The molecule has 0 aliphatic carbocycles. The molecule has 2 aliphatic rings. The van der Waals surface area contributed by atoms with Gasteiger partial charge in [0.2, 0.25) is 0 Å². The fourth-order valence-electron chi connectivity index (χ4n) is 2.49. The lowest BCUT2D eigenvalue weighted by molar-refractivity contribution is -0.143. The van der Waals surface area contributed by atoms with Gasteiger partial charge in [0.15, 0.2) is 0 Å². The highest BCUT2D eigenvalue weighted by molar-refractivity contribution is 5.70. The normalized spacial score (nSPS) is 40.8. The van der Waals surface area contributed by atoms with Gasteiger partial charge in [0, 0.05) is 6.54 Å². The van der Waals surface area contributed by atoms with Crippen LogP contribution in [0, 0.1) is 11.8 Å². The van der Waals surface area contributed by atoms with E-state index in [1.165, 1.54) is 0 Å². The largest absolute Gasteiger partial charge is 0.481 e. The van der Waals surface area contributed by atoms with Crippen molar-refractivity contribution in [2.75, 3.05) is 19.6 Å². The molecule has 3 unspecified atom stereocenters. The smallest absolute Gasteiger partial charge is 0.306 e. The van der Waals surface area contributed by atoms with Gasteiger partial charge in [0.1, 0.15) is 0 Å². The fraction of sp³-hybridized carbons (Fsp3) is 0.889. The van der Waals surface area contributed by atoms with Crippen molar-refractivity contribution in [3.05, 3.63) is 0 Å². The van der Waals surface area contributed by atoms with Crippen molar-refractivity contribution in [3.8, 4) is 0 Å². The number of fused-ring (bicyclic) bond motifs is 2. The summed E-state index contributed by atoms with van der Waals surface area (Å²) >= 11 is 0. The average Bonchev–Trinajstić information content (AvgIpc) is 2.30. The van der Waals surface area contributed by atoms with Crippen LogP contribution in [0.3, 0.4) is 0 Å². The van der Waals surface area contributed by atoms with Crippen LogP contribution in [0.15, 0.2) is 0 Å². The Balaban J connectivity index is 2.08. The summed E-state index contributed by atoms with van der Waals surface area (Å²) in [7, 11) is 0. The third kappa shape index (κ3) is 1.33. The Labute approximate surface area is 72.4 Å². The third-order valence-corrected chi connectivity index (χ3v) is 3.18. The van der Waals surface area contributed by atoms with E-state index >= 15 is 0 Å².